The number of aryl methyl sites for hydroxylation is 1. The van der Waals surface area contributed by atoms with Crippen LogP contribution in [0.1, 0.15) is 25.5 Å². The molecule has 3 aromatic rings. The number of carbonyl (C=O) groups is 1. The Hall–Kier alpha value is -3.96. The molecule has 2 aromatic carbocycles. The number of anilines is 1. The van der Waals surface area contributed by atoms with Crippen LogP contribution in [0.4, 0.5) is 10.2 Å². The minimum absolute atomic E-state index is 0.0466. The maximum absolute atomic E-state index is 15.3. The number of hydrogen-bond acceptors (Lipinski definition) is 8. The molecule has 0 radical (unpaired) electrons. The summed E-state index contributed by atoms with van der Waals surface area (Å²) in [5.74, 6) is -0.0222. The van der Waals surface area contributed by atoms with Gasteiger partial charge in [0, 0.05) is 68.8 Å². The van der Waals surface area contributed by atoms with E-state index in [0.29, 0.717) is 47.8 Å². The number of ether oxygens (including phenoxy) is 1. The quantitative estimate of drug-likeness (QED) is 0.454. The second-order valence-electron chi connectivity index (χ2n) is 12.1. The molecule has 3 aliphatic heterocycles. The molecule has 43 heavy (non-hydrogen) atoms. The zero-order valence-electron chi connectivity index (χ0n) is 25.2. The lowest BCUT2D eigenvalue weighted by molar-refractivity contribution is -0.128. The van der Waals surface area contributed by atoms with Gasteiger partial charge in [0.2, 0.25) is 5.91 Å². The van der Waals surface area contributed by atoms with Crippen molar-refractivity contribution < 1.29 is 19.0 Å². The average molecular weight is 591 g/mol. The lowest BCUT2D eigenvalue weighted by Crippen LogP contribution is -2.58. The van der Waals surface area contributed by atoms with Gasteiger partial charge in [-0.05, 0) is 57.7 Å². The Bertz CT molecular complexity index is 1630. The molecule has 4 heterocycles. The largest absolute Gasteiger partial charge is 0.507 e. The Balaban J connectivity index is 1.54. The minimum Gasteiger partial charge on any atom is -0.507 e. The summed E-state index contributed by atoms with van der Waals surface area (Å²) in [4.78, 5) is 39.7. The van der Waals surface area contributed by atoms with E-state index >= 15 is 4.39 Å². The Kier molecular flexibility index (Phi) is 7.64. The molecule has 0 spiro atoms. The van der Waals surface area contributed by atoms with E-state index < -0.39 is 11.5 Å². The Morgan fingerprint density at radius 1 is 1.16 bits per heavy atom. The number of phenols is 1. The van der Waals surface area contributed by atoms with Crippen LogP contribution < -0.4 is 15.3 Å². The molecule has 3 aliphatic rings. The minimum atomic E-state index is -0.574. The van der Waals surface area contributed by atoms with Crippen molar-refractivity contribution in [3.05, 3.63) is 58.8 Å². The fourth-order valence-electron chi connectivity index (χ4n) is 6.82. The highest BCUT2D eigenvalue weighted by Gasteiger charge is 2.37. The molecule has 10 nitrogen and oxygen atoms in total. The fourth-order valence-corrected chi connectivity index (χ4v) is 6.82. The van der Waals surface area contributed by atoms with Gasteiger partial charge in [-0.2, -0.15) is 4.98 Å². The first kappa shape index (κ1) is 29.1. The predicted molar refractivity (Wildman–Crippen MR) is 164 cm³/mol. The lowest BCUT2D eigenvalue weighted by Gasteiger charge is -2.45. The van der Waals surface area contributed by atoms with Gasteiger partial charge < -0.3 is 24.5 Å². The van der Waals surface area contributed by atoms with Crippen LogP contribution in [-0.2, 0) is 4.79 Å². The van der Waals surface area contributed by atoms with Crippen LogP contribution in [0.25, 0.3) is 22.0 Å². The molecule has 0 aliphatic carbocycles. The van der Waals surface area contributed by atoms with Gasteiger partial charge in [-0.1, -0.05) is 12.6 Å². The molecule has 228 valence electrons. The van der Waals surface area contributed by atoms with Crippen LogP contribution in [0, 0.1) is 12.7 Å². The average Bonchev–Trinajstić information content (AvgIpc) is 2.98. The van der Waals surface area contributed by atoms with Crippen LogP contribution in [0.2, 0.25) is 0 Å². The molecular formula is C32H39FN6O4. The zero-order chi connectivity index (χ0) is 30.6. The van der Waals surface area contributed by atoms with Crippen LogP contribution in [0.3, 0.4) is 0 Å². The molecule has 2 fully saturated rings. The number of rotatable bonds is 5. The highest BCUT2D eigenvalue weighted by atomic mass is 19.1. The third kappa shape index (κ3) is 5.04. The van der Waals surface area contributed by atoms with Crippen molar-refractivity contribution in [2.75, 3.05) is 64.4 Å². The molecule has 1 aromatic heterocycles. The third-order valence-electron chi connectivity index (χ3n) is 9.15. The number of likely N-dealkylation sites (N-methyl/N-ethyl adjacent to an activating group) is 1. The molecule has 6 rings (SSSR count). The number of benzene rings is 2. The van der Waals surface area contributed by atoms with Gasteiger partial charge in [0.1, 0.15) is 24.0 Å². The SMILES string of the molecule is C=CC(=O)N1C[C@H](C)N(c2nc(=O)n3c4c(c(-c5c(O)cccc5F)c(C)cc24)OC[C@@H]3CN2CCN(C)CC2)C[C@H]1C. The third-order valence-corrected chi connectivity index (χ3v) is 9.15. The molecule has 1 amide bonds. The number of carbonyl (C=O) groups excluding carboxylic acids is 1. The zero-order valence-corrected chi connectivity index (χ0v) is 25.2. The van der Waals surface area contributed by atoms with Gasteiger partial charge in [-0.15, -0.1) is 0 Å². The second-order valence-corrected chi connectivity index (χ2v) is 12.1. The predicted octanol–water partition coefficient (Wildman–Crippen LogP) is 3.01. The summed E-state index contributed by atoms with van der Waals surface area (Å²) in [6, 6.07) is 5.57. The Morgan fingerprint density at radius 2 is 1.91 bits per heavy atom. The number of hydrogen-bond donors (Lipinski definition) is 1. The molecule has 0 saturated carbocycles. The van der Waals surface area contributed by atoms with Crippen LogP contribution in [0.5, 0.6) is 11.5 Å². The first-order chi connectivity index (χ1) is 20.6. The van der Waals surface area contributed by atoms with E-state index in [1.165, 1.54) is 24.3 Å². The summed E-state index contributed by atoms with van der Waals surface area (Å²) in [5.41, 5.74) is 1.31. The number of piperazine rings is 2. The van der Waals surface area contributed by atoms with Gasteiger partial charge in [0.05, 0.1) is 17.1 Å². The van der Waals surface area contributed by atoms with E-state index in [-0.39, 0.29) is 42.0 Å². The molecule has 3 atom stereocenters. The van der Waals surface area contributed by atoms with Crippen molar-refractivity contribution in [1.29, 1.82) is 0 Å². The Labute approximate surface area is 250 Å². The summed E-state index contributed by atoms with van der Waals surface area (Å²) >= 11 is 0. The second kappa shape index (κ2) is 11.3. The molecular weight excluding hydrogens is 551 g/mol. The number of nitrogens with zero attached hydrogens (tertiary/aromatic N) is 6. The van der Waals surface area contributed by atoms with Crippen molar-refractivity contribution in [1.82, 2.24) is 24.3 Å². The van der Waals surface area contributed by atoms with Gasteiger partial charge in [0.25, 0.3) is 0 Å². The lowest BCUT2D eigenvalue weighted by atomic mass is 9.94. The van der Waals surface area contributed by atoms with E-state index in [2.05, 4.69) is 33.3 Å². The van der Waals surface area contributed by atoms with Gasteiger partial charge in [-0.25, -0.2) is 9.18 Å². The first-order valence-electron chi connectivity index (χ1n) is 14.9. The van der Waals surface area contributed by atoms with Crippen molar-refractivity contribution in [3.8, 4) is 22.6 Å². The number of halogens is 1. The highest BCUT2D eigenvalue weighted by molar-refractivity contribution is 6.01. The number of phenolic OH excluding ortho intramolecular Hbond substituents is 1. The van der Waals surface area contributed by atoms with Gasteiger partial charge >= 0.3 is 5.69 Å². The first-order valence-corrected chi connectivity index (χ1v) is 14.9. The van der Waals surface area contributed by atoms with E-state index in [9.17, 15) is 14.7 Å². The summed E-state index contributed by atoms with van der Waals surface area (Å²) in [6.07, 6.45) is 1.33. The van der Waals surface area contributed by atoms with Crippen molar-refractivity contribution in [2.24, 2.45) is 0 Å². The van der Waals surface area contributed by atoms with Crippen molar-refractivity contribution in [3.63, 3.8) is 0 Å². The maximum atomic E-state index is 15.3. The van der Waals surface area contributed by atoms with Crippen LogP contribution in [0.15, 0.2) is 41.7 Å². The summed E-state index contributed by atoms with van der Waals surface area (Å²) < 4.78 is 23.5. The van der Waals surface area contributed by atoms with Crippen molar-refractivity contribution in [2.45, 2.75) is 38.9 Å². The fraction of sp³-hybridized carbons (Fsp3) is 0.469. The monoisotopic (exact) mass is 590 g/mol. The Morgan fingerprint density at radius 3 is 2.60 bits per heavy atom. The van der Waals surface area contributed by atoms with Crippen LogP contribution >= 0.6 is 0 Å². The van der Waals surface area contributed by atoms with E-state index in [0.717, 1.165) is 31.6 Å². The molecule has 0 bridgehead atoms. The van der Waals surface area contributed by atoms with Crippen molar-refractivity contribution >= 4 is 22.6 Å². The number of aromatic nitrogens is 2. The maximum Gasteiger partial charge on any atom is 0.350 e. The molecule has 0 unspecified atom stereocenters. The van der Waals surface area contributed by atoms with Gasteiger partial charge in [-0.3, -0.25) is 14.3 Å². The number of aromatic hydroxyl groups is 1. The highest BCUT2D eigenvalue weighted by Crippen LogP contribution is 2.47. The molecule has 11 heteroatoms. The summed E-state index contributed by atoms with van der Waals surface area (Å²) in [7, 11) is 2.10. The van der Waals surface area contributed by atoms with Crippen LogP contribution in [-0.4, -0.2) is 107 Å². The standard InChI is InChI=1S/C32H39FN6O4/c1-6-26(41)37-15-21(4)38(16-20(37)3)31-23-14-19(2)27(28-24(33)8-7-9-25(28)40)30-29(23)39(32(42)34-31)22(18-43-30)17-36-12-10-35(5)11-13-36/h6-9,14,20-22,40H,1,10-13,15-18H2,2-5H3/t20-,21+,22+/m1/s1. The molecule has 2 saturated heterocycles. The number of amides is 1. The van der Waals surface area contributed by atoms with E-state index in [1.807, 2.05) is 26.8 Å². The van der Waals surface area contributed by atoms with Gasteiger partial charge in [0.15, 0.2) is 5.75 Å². The molecule has 1 N–H and O–H groups in total. The normalized spacial score (nSPS) is 23.0. The summed E-state index contributed by atoms with van der Waals surface area (Å²) in [5, 5.41) is 11.5. The van der Waals surface area contributed by atoms with E-state index in [1.54, 1.807) is 9.47 Å². The topological polar surface area (TPSA) is 94.4 Å². The summed E-state index contributed by atoms with van der Waals surface area (Å²) in [6.45, 7) is 14.9. The smallest absolute Gasteiger partial charge is 0.350 e. The van der Waals surface area contributed by atoms with E-state index in [4.69, 9.17) is 4.74 Å².